The first kappa shape index (κ1) is 19.1. The van der Waals surface area contributed by atoms with Crippen molar-refractivity contribution in [1.82, 2.24) is 14.7 Å². The van der Waals surface area contributed by atoms with Gasteiger partial charge in [-0.1, -0.05) is 6.07 Å². The number of imidazole rings is 1. The Kier molecular flexibility index (Phi) is 5.26. The molecule has 0 saturated heterocycles. The second-order valence-electron chi connectivity index (χ2n) is 7.20. The summed E-state index contributed by atoms with van der Waals surface area (Å²) in [4.78, 5) is 29.3. The van der Waals surface area contributed by atoms with Crippen LogP contribution in [0.15, 0.2) is 48.8 Å². The average Bonchev–Trinajstić information content (AvgIpc) is 3.15. The first-order valence-electron chi connectivity index (χ1n) is 9.53. The van der Waals surface area contributed by atoms with Crippen molar-refractivity contribution in [3.63, 3.8) is 0 Å². The molecule has 1 fully saturated rings. The molecule has 4 rings (SSSR count). The minimum atomic E-state index is -0.635. The van der Waals surface area contributed by atoms with Crippen LogP contribution in [0.4, 0.5) is 10.1 Å². The zero-order chi connectivity index (χ0) is 20.4. The van der Waals surface area contributed by atoms with Crippen LogP contribution in [0.2, 0.25) is 0 Å². The molecular formula is C21H21FN4O3. The van der Waals surface area contributed by atoms with E-state index < -0.39 is 11.7 Å². The highest BCUT2D eigenvalue weighted by atomic mass is 19.1. The molecule has 0 aliphatic heterocycles. The zero-order valence-corrected chi connectivity index (χ0v) is 15.6. The highest BCUT2D eigenvalue weighted by Crippen LogP contribution is 2.21. The van der Waals surface area contributed by atoms with Crippen molar-refractivity contribution in [3.05, 3.63) is 65.9 Å². The number of hydrogen-bond acceptors (Lipinski definition) is 4. The van der Waals surface area contributed by atoms with Crippen molar-refractivity contribution in [2.24, 2.45) is 0 Å². The van der Waals surface area contributed by atoms with Gasteiger partial charge in [-0.2, -0.15) is 0 Å². The number of carbonyl (C=O) groups is 2. The van der Waals surface area contributed by atoms with Gasteiger partial charge in [-0.25, -0.2) is 9.37 Å². The monoisotopic (exact) mass is 396 g/mol. The van der Waals surface area contributed by atoms with Gasteiger partial charge >= 0.3 is 0 Å². The summed E-state index contributed by atoms with van der Waals surface area (Å²) >= 11 is 0. The summed E-state index contributed by atoms with van der Waals surface area (Å²) in [7, 11) is 0. The molecule has 2 amide bonds. The van der Waals surface area contributed by atoms with Crippen LogP contribution in [0, 0.1) is 5.82 Å². The van der Waals surface area contributed by atoms with Crippen LogP contribution in [0.5, 0.6) is 0 Å². The molecule has 29 heavy (non-hydrogen) atoms. The highest BCUT2D eigenvalue weighted by molar-refractivity contribution is 6.04. The molecule has 8 heteroatoms. The Morgan fingerprint density at radius 2 is 1.90 bits per heavy atom. The highest BCUT2D eigenvalue weighted by Gasteiger charge is 2.22. The number of rotatable bonds is 4. The maximum Gasteiger partial charge on any atom is 0.274 e. The molecule has 7 nitrogen and oxygen atoms in total. The summed E-state index contributed by atoms with van der Waals surface area (Å²) < 4.78 is 15.9. The largest absolute Gasteiger partial charge is 0.393 e. The first-order chi connectivity index (χ1) is 14.0. The van der Waals surface area contributed by atoms with Crippen LogP contribution < -0.4 is 10.6 Å². The van der Waals surface area contributed by atoms with E-state index in [0.717, 1.165) is 6.07 Å². The minimum absolute atomic E-state index is 0.0212. The zero-order valence-electron chi connectivity index (χ0n) is 15.6. The average molecular weight is 396 g/mol. The van der Waals surface area contributed by atoms with E-state index in [1.165, 1.54) is 18.3 Å². The number of amides is 2. The maximum atomic E-state index is 14.3. The number of benzene rings is 1. The van der Waals surface area contributed by atoms with Gasteiger partial charge in [-0.15, -0.1) is 0 Å². The van der Waals surface area contributed by atoms with Gasteiger partial charge in [0.2, 0.25) is 0 Å². The van der Waals surface area contributed by atoms with E-state index in [-0.39, 0.29) is 35.0 Å². The van der Waals surface area contributed by atoms with Crippen LogP contribution >= 0.6 is 0 Å². The lowest BCUT2D eigenvalue weighted by Crippen LogP contribution is -2.38. The number of fused-ring (bicyclic) bond motifs is 1. The Labute approximate surface area is 166 Å². The van der Waals surface area contributed by atoms with E-state index in [1.807, 2.05) is 0 Å². The van der Waals surface area contributed by atoms with E-state index in [0.29, 0.717) is 31.3 Å². The molecule has 2 heterocycles. The fourth-order valence-corrected chi connectivity index (χ4v) is 3.54. The van der Waals surface area contributed by atoms with Crippen LogP contribution in [-0.4, -0.2) is 38.5 Å². The normalized spacial score (nSPS) is 19.1. The molecule has 3 N–H and O–H groups in total. The quantitative estimate of drug-likeness (QED) is 0.632. The van der Waals surface area contributed by atoms with Crippen molar-refractivity contribution in [2.45, 2.75) is 37.8 Å². The number of pyridine rings is 1. The Morgan fingerprint density at radius 1 is 1.10 bits per heavy atom. The molecule has 1 saturated carbocycles. The number of nitrogens with one attached hydrogen (secondary N) is 2. The minimum Gasteiger partial charge on any atom is -0.393 e. The molecule has 1 aliphatic rings. The van der Waals surface area contributed by atoms with E-state index in [9.17, 15) is 19.1 Å². The Bertz CT molecular complexity index is 1060. The summed E-state index contributed by atoms with van der Waals surface area (Å²) in [6, 6.07) is 9.17. The van der Waals surface area contributed by atoms with E-state index in [4.69, 9.17) is 0 Å². The van der Waals surface area contributed by atoms with E-state index >= 15 is 0 Å². The predicted molar refractivity (Wildman–Crippen MR) is 105 cm³/mol. The lowest BCUT2D eigenvalue weighted by molar-refractivity contribution is 0.0867. The topological polar surface area (TPSA) is 95.7 Å². The third kappa shape index (κ3) is 4.12. The van der Waals surface area contributed by atoms with Gasteiger partial charge in [0, 0.05) is 17.8 Å². The van der Waals surface area contributed by atoms with Gasteiger partial charge < -0.3 is 15.7 Å². The molecule has 1 aliphatic carbocycles. The van der Waals surface area contributed by atoms with Gasteiger partial charge in [0.1, 0.15) is 17.2 Å². The standard InChI is InChI=1S/C21H21FN4O3/c22-16-9-4-13(20(28)24-14-5-7-15(27)8-6-14)11-17(16)25-21(29)18-12-23-19-3-1-2-10-26(18)19/h1-4,9-12,14-15,27H,5-8H2,(H,24,28)(H,25,29). The second kappa shape index (κ2) is 8.00. The third-order valence-corrected chi connectivity index (χ3v) is 5.16. The summed E-state index contributed by atoms with van der Waals surface area (Å²) in [5, 5.41) is 15.0. The lowest BCUT2D eigenvalue weighted by atomic mass is 9.93. The lowest BCUT2D eigenvalue weighted by Gasteiger charge is -2.26. The fraction of sp³-hybridized carbons (Fsp3) is 0.286. The molecule has 0 spiro atoms. The smallest absolute Gasteiger partial charge is 0.274 e. The molecular weight excluding hydrogens is 375 g/mol. The number of aliphatic hydroxyl groups excluding tert-OH is 1. The van der Waals surface area contributed by atoms with Crippen LogP contribution in [0.1, 0.15) is 46.5 Å². The van der Waals surface area contributed by atoms with Gasteiger partial charge in [0.15, 0.2) is 0 Å². The molecule has 0 radical (unpaired) electrons. The van der Waals surface area contributed by atoms with Crippen LogP contribution in [-0.2, 0) is 0 Å². The number of aliphatic hydroxyl groups is 1. The number of anilines is 1. The number of nitrogens with zero attached hydrogens (tertiary/aromatic N) is 2. The number of halogens is 1. The van der Waals surface area contributed by atoms with Gasteiger partial charge in [0.05, 0.1) is 18.0 Å². The molecule has 0 unspecified atom stereocenters. The molecule has 3 aromatic rings. The first-order valence-corrected chi connectivity index (χ1v) is 9.53. The molecule has 1 aromatic carbocycles. The third-order valence-electron chi connectivity index (χ3n) is 5.16. The van der Waals surface area contributed by atoms with E-state index in [1.54, 1.807) is 28.8 Å². The maximum absolute atomic E-state index is 14.3. The van der Waals surface area contributed by atoms with Gasteiger partial charge in [-0.05, 0) is 56.0 Å². The van der Waals surface area contributed by atoms with Crippen molar-refractivity contribution >= 4 is 23.1 Å². The van der Waals surface area contributed by atoms with Crippen LogP contribution in [0.3, 0.4) is 0 Å². The Morgan fingerprint density at radius 3 is 2.69 bits per heavy atom. The SMILES string of the molecule is O=C(NC1CCC(O)CC1)c1ccc(F)c(NC(=O)c2cnc3ccccn23)c1. The molecule has 0 bridgehead atoms. The summed E-state index contributed by atoms with van der Waals surface area (Å²) in [5.74, 6) is -1.50. The Balaban J connectivity index is 1.49. The van der Waals surface area contributed by atoms with Crippen molar-refractivity contribution in [1.29, 1.82) is 0 Å². The molecule has 150 valence electrons. The van der Waals surface area contributed by atoms with Gasteiger partial charge in [0.25, 0.3) is 11.8 Å². The summed E-state index contributed by atoms with van der Waals surface area (Å²) in [6.45, 7) is 0. The second-order valence-corrected chi connectivity index (χ2v) is 7.20. The van der Waals surface area contributed by atoms with Crippen molar-refractivity contribution in [3.8, 4) is 0 Å². The van der Waals surface area contributed by atoms with E-state index in [2.05, 4.69) is 15.6 Å². The number of hydrogen-bond donors (Lipinski definition) is 3. The van der Waals surface area contributed by atoms with Gasteiger partial charge in [-0.3, -0.25) is 14.0 Å². The number of carbonyl (C=O) groups excluding carboxylic acids is 2. The summed E-state index contributed by atoms with van der Waals surface area (Å²) in [6.07, 6.45) is 5.49. The Hall–Kier alpha value is -3.26. The van der Waals surface area contributed by atoms with Crippen molar-refractivity contribution in [2.75, 3.05) is 5.32 Å². The predicted octanol–water partition coefficient (Wildman–Crippen LogP) is 2.76. The van der Waals surface area contributed by atoms with Crippen LogP contribution in [0.25, 0.3) is 5.65 Å². The molecule has 2 aromatic heterocycles. The number of aromatic nitrogens is 2. The molecule has 0 atom stereocenters. The summed E-state index contributed by atoms with van der Waals surface area (Å²) in [5.41, 5.74) is 1.04. The van der Waals surface area contributed by atoms with Crippen molar-refractivity contribution < 1.29 is 19.1 Å². The fourth-order valence-electron chi connectivity index (χ4n) is 3.54.